The van der Waals surface area contributed by atoms with Crippen molar-refractivity contribution in [3.8, 4) is 0 Å². The average molecular weight is 379 g/mol. The summed E-state index contributed by atoms with van der Waals surface area (Å²) in [5.41, 5.74) is 5.59. The number of hydrogen-bond donors (Lipinski definition) is 2. The first-order valence-corrected chi connectivity index (χ1v) is 7.52. The van der Waals surface area contributed by atoms with Gasteiger partial charge in [-0.1, -0.05) is 5.16 Å². The van der Waals surface area contributed by atoms with Crippen LogP contribution in [0.15, 0.2) is 10.5 Å². The third-order valence-corrected chi connectivity index (χ3v) is 3.78. The number of amides is 2. The standard InChI is InChI=1S/C12H15N5O6S.Na/c1-5-8(11(21)17(5)23-3-7(18)19)15-10(20)9(16-22-2)6-4-24-12(13)14-6;/h4-5,8H,3H2,1-2H3,(H2,13,14)(H,15,20)(H,18,19);/q;+1/p-1/b16-9-;/t5-,8-;/m0./s1. The predicted octanol–water partition coefficient (Wildman–Crippen LogP) is -5.52. The average Bonchev–Trinajstić information content (AvgIpc) is 2.96. The molecule has 1 saturated heterocycles. The van der Waals surface area contributed by atoms with E-state index in [2.05, 4.69) is 20.3 Å². The van der Waals surface area contributed by atoms with Crippen LogP contribution in [0.1, 0.15) is 12.6 Å². The van der Waals surface area contributed by atoms with Gasteiger partial charge in [0.1, 0.15) is 25.5 Å². The first-order chi connectivity index (χ1) is 11.3. The number of carbonyl (C=O) groups excluding carboxylic acids is 3. The molecule has 1 aromatic rings. The van der Waals surface area contributed by atoms with Gasteiger partial charge in [-0.05, 0) is 6.92 Å². The van der Waals surface area contributed by atoms with Crippen molar-refractivity contribution in [1.29, 1.82) is 0 Å². The molecule has 2 heterocycles. The molecule has 0 saturated carbocycles. The van der Waals surface area contributed by atoms with Gasteiger partial charge in [0.15, 0.2) is 10.8 Å². The van der Waals surface area contributed by atoms with Crippen LogP contribution in [0, 0.1) is 0 Å². The number of aliphatic carboxylic acids is 1. The fourth-order valence-corrected chi connectivity index (χ4v) is 2.53. The summed E-state index contributed by atoms with van der Waals surface area (Å²) in [7, 11) is 1.26. The molecule has 2 amide bonds. The summed E-state index contributed by atoms with van der Waals surface area (Å²) >= 11 is 1.12. The van der Waals surface area contributed by atoms with Gasteiger partial charge in [-0.25, -0.2) is 10.0 Å². The Balaban J connectivity index is 0.00000312. The molecule has 1 aliphatic rings. The number of anilines is 1. The molecule has 3 N–H and O–H groups in total. The molecule has 0 radical (unpaired) electrons. The van der Waals surface area contributed by atoms with Crippen LogP contribution in [0.5, 0.6) is 0 Å². The summed E-state index contributed by atoms with van der Waals surface area (Å²) in [6, 6.07) is -1.46. The predicted molar refractivity (Wildman–Crippen MR) is 79.3 cm³/mol. The summed E-state index contributed by atoms with van der Waals surface area (Å²) in [5, 5.41) is 19.0. The molecule has 2 atom stereocenters. The summed E-state index contributed by atoms with van der Waals surface area (Å²) in [4.78, 5) is 47.9. The molecule has 0 aliphatic carbocycles. The Hall–Kier alpha value is -1.73. The third-order valence-electron chi connectivity index (χ3n) is 3.11. The van der Waals surface area contributed by atoms with Gasteiger partial charge in [-0.15, -0.1) is 11.3 Å². The normalized spacial score (nSPS) is 19.7. The Kier molecular flexibility index (Phi) is 7.76. The van der Waals surface area contributed by atoms with Crippen molar-refractivity contribution < 1.29 is 58.7 Å². The van der Waals surface area contributed by atoms with E-state index in [1.807, 2.05) is 0 Å². The second-order valence-electron chi connectivity index (χ2n) is 4.69. The van der Waals surface area contributed by atoms with Gasteiger partial charge >= 0.3 is 29.6 Å². The topological polar surface area (TPSA) is 159 Å². The smallest absolute Gasteiger partial charge is 0.548 e. The van der Waals surface area contributed by atoms with Crippen molar-refractivity contribution in [2.45, 2.75) is 19.0 Å². The number of nitrogens with two attached hydrogens (primary N) is 1. The fourth-order valence-electron chi connectivity index (χ4n) is 1.98. The van der Waals surface area contributed by atoms with Gasteiger partial charge < -0.3 is 25.8 Å². The van der Waals surface area contributed by atoms with Gasteiger partial charge in [0.2, 0.25) is 0 Å². The van der Waals surface area contributed by atoms with Gasteiger partial charge in [0.05, 0.1) is 12.0 Å². The zero-order valence-electron chi connectivity index (χ0n) is 13.7. The minimum atomic E-state index is -1.46. The number of thiazole rings is 1. The van der Waals surface area contributed by atoms with E-state index in [0.29, 0.717) is 0 Å². The van der Waals surface area contributed by atoms with E-state index in [1.54, 1.807) is 6.92 Å². The van der Waals surface area contributed by atoms with Crippen molar-refractivity contribution in [3.63, 3.8) is 0 Å². The largest absolute Gasteiger partial charge is 1.00 e. The molecular formula is C12H14N5NaO6S. The summed E-state index contributed by atoms with van der Waals surface area (Å²) in [6.45, 7) is 0.820. The number of nitrogens with zero attached hydrogens (tertiary/aromatic N) is 3. The Morgan fingerprint density at radius 3 is 2.72 bits per heavy atom. The molecule has 0 aromatic carbocycles. The maximum absolute atomic E-state index is 12.3. The number of carbonyl (C=O) groups is 3. The first-order valence-electron chi connectivity index (χ1n) is 6.64. The second-order valence-corrected chi connectivity index (χ2v) is 5.58. The van der Waals surface area contributed by atoms with E-state index < -0.39 is 36.5 Å². The summed E-state index contributed by atoms with van der Waals surface area (Å²) < 4.78 is 0. The van der Waals surface area contributed by atoms with E-state index in [1.165, 1.54) is 12.5 Å². The molecule has 0 spiro atoms. The first kappa shape index (κ1) is 21.3. The number of oxime groups is 1. The quantitative estimate of drug-likeness (QED) is 0.205. The van der Waals surface area contributed by atoms with Crippen LogP contribution in [-0.4, -0.2) is 59.3 Å². The van der Waals surface area contributed by atoms with E-state index in [-0.39, 0.29) is 46.1 Å². The van der Waals surface area contributed by atoms with Crippen LogP contribution in [0.2, 0.25) is 0 Å². The van der Waals surface area contributed by atoms with Gasteiger partial charge in [-0.3, -0.25) is 14.4 Å². The van der Waals surface area contributed by atoms with E-state index in [9.17, 15) is 19.5 Å². The van der Waals surface area contributed by atoms with E-state index in [4.69, 9.17) is 10.6 Å². The van der Waals surface area contributed by atoms with Crippen molar-refractivity contribution in [2.24, 2.45) is 5.16 Å². The zero-order chi connectivity index (χ0) is 17.9. The maximum atomic E-state index is 12.3. The van der Waals surface area contributed by atoms with Crippen LogP contribution in [0.4, 0.5) is 5.13 Å². The molecule has 1 aliphatic heterocycles. The number of carboxylic acids is 1. The SMILES string of the molecule is CO/N=C(\C(=O)N[C@@H]1C(=O)N(OCC(=O)[O-])[C@H]1C)c1csc(N)n1.[Na+]. The maximum Gasteiger partial charge on any atom is 1.00 e. The van der Waals surface area contributed by atoms with E-state index >= 15 is 0 Å². The van der Waals surface area contributed by atoms with Gasteiger partial charge in [0, 0.05) is 5.38 Å². The molecule has 13 heteroatoms. The number of nitrogen functional groups attached to an aromatic ring is 1. The number of carboxylic acid groups (broad SMARTS) is 1. The Morgan fingerprint density at radius 2 is 2.24 bits per heavy atom. The van der Waals surface area contributed by atoms with Crippen LogP contribution in [0.3, 0.4) is 0 Å². The van der Waals surface area contributed by atoms with Crippen molar-refractivity contribution in [3.05, 3.63) is 11.1 Å². The van der Waals surface area contributed by atoms with Crippen molar-refractivity contribution >= 4 is 40.0 Å². The van der Waals surface area contributed by atoms with Crippen LogP contribution >= 0.6 is 11.3 Å². The number of rotatable bonds is 7. The molecule has 25 heavy (non-hydrogen) atoms. The summed E-state index contributed by atoms with van der Waals surface area (Å²) in [6.07, 6.45) is 0. The minimum absolute atomic E-state index is 0. The monoisotopic (exact) mass is 379 g/mol. The fraction of sp³-hybridized carbons (Fsp3) is 0.417. The Bertz CT molecular complexity index is 695. The number of aromatic nitrogens is 1. The van der Waals surface area contributed by atoms with Crippen molar-refractivity contribution in [1.82, 2.24) is 15.4 Å². The van der Waals surface area contributed by atoms with Crippen LogP contribution < -0.4 is 45.7 Å². The number of β-lactam (4-membered cyclic amide) rings is 1. The number of hydrogen-bond acceptors (Lipinski definition) is 10. The number of hydroxylamine groups is 2. The molecule has 1 aromatic heterocycles. The van der Waals surface area contributed by atoms with E-state index in [0.717, 1.165) is 16.4 Å². The van der Waals surface area contributed by atoms with Crippen LogP contribution in [-0.2, 0) is 24.1 Å². The second kappa shape index (κ2) is 9.10. The molecule has 11 nitrogen and oxygen atoms in total. The number of nitrogens with one attached hydrogen (secondary N) is 1. The molecule has 0 unspecified atom stereocenters. The molecule has 0 bridgehead atoms. The van der Waals surface area contributed by atoms with Crippen LogP contribution in [0.25, 0.3) is 0 Å². The molecule has 2 rings (SSSR count). The minimum Gasteiger partial charge on any atom is -0.548 e. The van der Waals surface area contributed by atoms with Crippen molar-refractivity contribution in [2.75, 3.05) is 19.5 Å². The molecule has 130 valence electrons. The van der Waals surface area contributed by atoms with Gasteiger partial charge in [-0.2, -0.15) is 0 Å². The molecular weight excluding hydrogens is 365 g/mol. The Morgan fingerprint density at radius 1 is 1.56 bits per heavy atom. The van der Waals surface area contributed by atoms with Gasteiger partial charge in [0.25, 0.3) is 11.8 Å². The third kappa shape index (κ3) is 4.89. The summed E-state index contributed by atoms with van der Waals surface area (Å²) in [5.74, 6) is -2.74. The Labute approximate surface area is 168 Å². The molecule has 1 fully saturated rings. The zero-order valence-corrected chi connectivity index (χ0v) is 16.5.